The Morgan fingerprint density at radius 2 is 1.86 bits per heavy atom. The summed E-state index contributed by atoms with van der Waals surface area (Å²) in [4.78, 5) is 0.801. The fourth-order valence-electron chi connectivity index (χ4n) is 1.81. The Bertz CT molecular complexity index is 749. The van der Waals surface area contributed by atoms with Crippen LogP contribution in [0.1, 0.15) is 17.4 Å². The lowest BCUT2D eigenvalue weighted by Gasteiger charge is -2.18. The molecule has 0 saturated carbocycles. The van der Waals surface area contributed by atoms with Crippen molar-refractivity contribution >= 4 is 44.3 Å². The van der Waals surface area contributed by atoms with E-state index < -0.39 is 10.0 Å². The van der Waals surface area contributed by atoms with Crippen LogP contribution in [-0.4, -0.2) is 20.5 Å². The maximum Gasteiger partial charge on any atom is 0.273 e. The highest BCUT2D eigenvalue weighted by atomic mass is 32.2. The molecule has 0 radical (unpaired) electrons. The van der Waals surface area contributed by atoms with Gasteiger partial charge in [-0.3, -0.25) is 4.31 Å². The van der Waals surface area contributed by atoms with Gasteiger partial charge in [-0.25, -0.2) is 8.42 Å². The third-order valence-corrected chi connectivity index (χ3v) is 6.87. The zero-order valence-electron chi connectivity index (χ0n) is 11.7. The van der Waals surface area contributed by atoms with Gasteiger partial charge in [0.2, 0.25) is 0 Å². The Hall–Kier alpha value is -1.44. The second kappa shape index (κ2) is 6.13. The summed E-state index contributed by atoms with van der Waals surface area (Å²) in [6.45, 7) is 2.05. The molecule has 0 spiro atoms. The lowest BCUT2D eigenvalue weighted by Crippen LogP contribution is -2.25. The third kappa shape index (κ3) is 3.25. The first kappa shape index (κ1) is 15.9. The number of thiocarbonyl (C=S) groups is 1. The van der Waals surface area contributed by atoms with Crippen LogP contribution in [0.25, 0.3) is 0 Å². The molecule has 2 rings (SSSR count). The van der Waals surface area contributed by atoms with Gasteiger partial charge < -0.3 is 5.73 Å². The van der Waals surface area contributed by atoms with Crippen molar-refractivity contribution in [3.05, 3.63) is 46.8 Å². The van der Waals surface area contributed by atoms with E-state index in [4.69, 9.17) is 18.0 Å². The monoisotopic (exact) mass is 340 g/mol. The Balaban J connectivity index is 2.34. The Kier molecular flexibility index (Phi) is 4.65. The van der Waals surface area contributed by atoms with Crippen molar-refractivity contribution in [2.24, 2.45) is 5.73 Å². The van der Waals surface area contributed by atoms with Gasteiger partial charge in [0.1, 0.15) is 9.20 Å². The maximum atomic E-state index is 12.6. The Morgan fingerprint density at radius 3 is 2.33 bits per heavy atom. The Morgan fingerprint density at radius 1 is 1.24 bits per heavy atom. The van der Waals surface area contributed by atoms with Crippen molar-refractivity contribution in [1.29, 1.82) is 0 Å². The predicted octanol–water partition coefficient (Wildman–Crippen LogP) is 2.77. The summed E-state index contributed by atoms with van der Waals surface area (Å²) in [5, 5.41) is 0. The number of nitrogens with two attached hydrogens (primary N) is 1. The number of nitrogens with zero attached hydrogens (tertiary/aromatic N) is 1. The molecule has 2 aromatic rings. The molecular weight excluding hydrogens is 324 g/mol. The van der Waals surface area contributed by atoms with Crippen LogP contribution in [0.4, 0.5) is 5.69 Å². The highest BCUT2D eigenvalue weighted by Gasteiger charge is 2.23. The first-order chi connectivity index (χ1) is 9.86. The van der Waals surface area contributed by atoms with Gasteiger partial charge in [-0.15, -0.1) is 11.3 Å². The van der Waals surface area contributed by atoms with Crippen molar-refractivity contribution < 1.29 is 8.42 Å². The van der Waals surface area contributed by atoms with Gasteiger partial charge in [-0.05, 0) is 36.2 Å². The molecule has 1 aromatic heterocycles. The molecule has 0 atom stereocenters. The molecule has 0 aliphatic rings. The highest BCUT2D eigenvalue weighted by molar-refractivity contribution is 7.94. The van der Waals surface area contributed by atoms with Crippen LogP contribution in [0, 0.1) is 0 Å². The van der Waals surface area contributed by atoms with E-state index in [1.54, 1.807) is 18.2 Å². The summed E-state index contributed by atoms with van der Waals surface area (Å²) in [6, 6.07) is 10.6. The number of hydrogen-bond acceptors (Lipinski definition) is 4. The molecule has 0 fully saturated rings. The minimum atomic E-state index is -3.59. The van der Waals surface area contributed by atoms with Crippen molar-refractivity contribution in [3.8, 4) is 0 Å². The van der Waals surface area contributed by atoms with Crippen LogP contribution in [-0.2, 0) is 16.4 Å². The number of thiophene rings is 1. The molecule has 1 aromatic carbocycles. The third-order valence-electron chi connectivity index (χ3n) is 3.15. The number of rotatable bonds is 5. The van der Waals surface area contributed by atoms with E-state index in [9.17, 15) is 8.42 Å². The van der Waals surface area contributed by atoms with Gasteiger partial charge in [0.15, 0.2) is 0 Å². The first-order valence-corrected chi connectivity index (χ1v) is 9.00. The molecule has 0 saturated heterocycles. The molecule has 7 heteroatoms. The molecule has 0 unspecified atom stereocenters. The van der Waals surface area contributed by atoms with E-state index in [0.29, 0.717) is 10.6 Å². The number of sulfonamides is 1. The van der Waals surface area contributed by atoms with E-state index in [-0.39, 0.29) is 9.20 Å². The van der Waals surface area contributed by atoms with Crippen LogP contribution in [0.2, 0.25) is 0 Å². The molecule has 21 heavy (non-hydrogen) atoms. The summed E-state index contributed by atoms with van der Waals surface area (Å²) in [5.74, 6) is 0. The normalized spacial score (nSPS) is 11.3. The van der Waals surface area contributed by atoms with Gasteiger partial charge in [-0.1, -0.05) is 31.3 Å². The lowest BCUT2D eigenvalue weighted by molar-refractivity contribution is 0.596. The zero-order valence-corrected chi connectivity index (χ0v) is 14.2. The fourth-order valence-corrected chi connectivity index (χ4v) is 4.52. The summed E-state index contributed by atoms with van der Waals surface area (Å²) in [5.41, 5.74) is 7.31. The minimum Gasteiger partial charge on any atom is -0.389 e. The van der Waals surface area contributed by atoms with Crippen molar-refractivity contribution in [1.82, 2.24) is 0 Å². The van der Waals surface area contributed by atoms with Gasteiger partial charge in [0.25, 0.3) is 10.0 Å². The second-order valence-corrected chi connectivity index (χ2v) is 8.20. The maximum absolute atomic E-state index is 12.6. The number of hydrogen-bond donors (Lipinski definition) is 1. The zero-order chi connectivity index (χ0) is 15.6. The molecular formula is C14H16N2O2S3. The Labute approximate surface area is 134 Å². The molecule has 0 bridgehead atoms. The molecule has 1 heterocycles. The van der Waals surface area contributed by atoms with Crippen LogP contribution in [0.15, 0.2) is 40.6 Å². The van der Waals surface area contributed by atoms with E-state index >= 15 is 0 Å². The topological polar surface area (TPSA) is 63.4 Å². The SMILES string of the molecule is CCc1ccc(N(C)S(=O)(=O)c2ccc(C(N)=S)s2)cc1. The molecule has 2 N–H and O–H groups in total. The average Bonchev–Trinajstić information content (AvgIpc) is 2.97. The van der Waals surface area contributed by atoms with Crippen molar-refractivity contribution in [3.63, 3.8) is 0 Å². The van der Waals surface area contributed by atoms with Gasteiger partial charge in [0, 0.05) is 7.05 Å². The van der Waals surface area contributed by atoms with Gasteiger partial charge >= 0.3 is 0 Å². The number of aryl methyl sites for hydroxylation is 1. The van der Waals surface area contributed by atoms with Crippen LogP contribution in [0.5, 0.6) is 0 Å². The second-order valence-electron chi connectivity index (χ2n) is 4.48. The highest BCUT2D eigenvalue weighted by Crippen LogP contribution is 2.27. The van der Waals surface area contributed by atoms with E-state index in [0.717, 1.165) is 23.3 Å². The van der Waals surface area contributed by atoms with Gasteiger partial charge in [0.05, 0.1) is 10.6 Å². The quantitative estimate of drug-likeness (QED) is 0.850. The van der Waals surface area contributed by atoms with Crippen molar-refractivity contribution in [2.45, 2.75) is 17.6 Å². The van der Waals surface area contributed by atoms with Crippen molar-refractivity contribution in [2.75, 3.05) is 11.4 Å². The largest absolute Gasteiger partial charge is 0.389 e. The first-order valence-electron chi connectivity index (χ1n) is 6.33. The van der Waals surface area contributed by atoms with E-state index in [2.05, 4.69) is 6.92 Å². The van der Waals surface area contributed by atoms with Crippen LogP contribution >= 0.6 is 23.6 Å². The summed E-state index contributed by atoms with van der Waals surface area (Å²) < 4.78 is 26.6. The van der Waals surface area contributed by atoms with Gasteiger partial charge in [-0.2, -0.15) is 0 Å². The number of benzene rings is 1. The summed E-state index contributed by atoms with van der Waals surface area (Å²) >= 11 is 5.95. The number of anilines is 1. The van der Waals surface area contributed by atoms with E-state index in [1.165, 1.54) is 17.4 Å². The molecule has 0 amide bonds. The van der Waals surface area contributed by atoms with Crippen LogP contribution in [0.3, 0.4) is 0 Å². The molecule has 4 nitrogen and oxygen atoms in total. The molecule has 0 aliphatic carbocycles. The average molecular weight is 340 g/mol. The smallest absolute Gasteiger partial charge is 0.273 e. The summed E-state index contributed by atoms with van der Waals surface area (Å²) in [7, 11) is -2.05. The summed E-state index contributed by atoms with van der Waals surface area (Å²) in [6.07, 6.45) is 0.916. The fraction of sp³-hybridized carbons (Fsp3) is 0.214. The van der Waals surface area contributed by atoms with Crippen LogP contribution < -0.4 is 10.0 Å². The van der Waals surface area contributed by atoms with E-state index in [1.807, 2.05) is 12.1 Å². The molecule has 112 valence electrons. The minimum absolute atomic E-state index is 0.205. The lowest BCUT2D eigenvalue weighted by atomic mass is 10.1. The predicted molar refractivity (Wildman–Crippen MR) is 91.6 cm³/mol. The standard InChI is InChI=1S/C14H16N2O2S3/c1-3-10-4-6-11(7-5-10)16(2)21(17,18)13-9-8-12(20-13)14(15)19/h4-9H,3H2,1-2H3,(H2,15,19). The molecule has 0 aliphatic heterocycles.